The van der Waals surface area contributed by atoms with Gasteiger partial charge in [0, 0.05) is 31.4 Å². The summed E-state index contributed by atoms with van der Waals surface area (Å²) in [7, 11) is 0. The van der Waals surface area contributed by atoms with Gasteiger partial charge in [-0.05, 0) is 46.2 Å². The molecule has 0 radical (unpaired) electrons. The highest BCUT2D eigenvalue weighted by Gasteiger charge is 2.16. The minimum absolute atomic E-state index is 0.0660. The van der Waals surface area contributed by atoms with Gasteiger partial charge < -0.3 is 14.5 Å². The Hall–Kier alpha value is -1.14. The average Bonchev–Trinajstić information content (AvgIpc) is 2.79. The van der Waals surface area contributed by atoms with E-state index in [0.29, 0.717) is 13.0 Å². The van der Waals surface area contributed by atoms with Crippen LogP contribution in [0.3, 0.4) is 0 Å². The van der Waals surface area contributed by atoms with E-state index in [9.17, 15) is 4.79 Å². The van der Waals surface area contributed by atoms with Gasteiger partial charge in [-0.25, -0.2) is 4.98 Å². The SMILES string of the molecule is CCOC(=O)CCCCN1CCCN(c2nc(C)cs2)CC1. The second-order valence-electron chi connectivity index (χ2n) is 5.72. The van der Waals surface area contributed by atoms with Gasteiger partial charge in [0.05, 0.1) is 12.3 Å². The highest BCUT2D eigenvalue weighted by Crippen LogP contribution is 2.21. The van der Waals surface area contributed by atoms with Gasteiger partial charge in [-0.2, -0.15) is 0 Å². The predicted octanol–water partition coefficient (Wildman–Crippen LogP) is 2.70. The van der Waals surface area contributed by atoms with E-state index in [1.165, 1.54) is 6.42 Å². The third kappa shape index (κ3) is 5.57. The number of unbranched alkanes of at least 4 members (excludes halogenated alkanes) is 1. The molecular weight excluding hydrogens is 298 g/mol. The third-order valence-electron chi connectivity index (χ3n) is 3.88. The van der Waals surface area contributed by atoms with Gasteiger partial charge in [-0.3, -0.25) is 4.79 Å². The Kier molecular flexibility index (Phi) is 7.12. The molecular formula is C16H27N3O2S. The van der Waals surface area contributed by atoms with E-state index in [2.05, 4.69) is 20.2 Å². The normalized spacial score (nSPS) is 16.5. The smallest absolute Gasteiger partial charge is 0.305 e. The summed E-state index contributed by atoms with van der Waals surface area (Å²) < 4.78 is 4.95. The lowest BCUT2D eigenvalue weighted by atomic mass is 10.2. The lowest BCUT2D eigenvalue weighted by Crippen LogP contribution is -2.31. The maximum atomic E-state index is 11.3. The molecule has 0 aromatic carbocycles. The summed E-state index contributed by atoms with van der Waals surface area (Å²) in [6.45, 7) is 9.81. The van der Waals surface area contributed by atoms with Gasteiger partial charge in [0.1, 0.15) is 0 Å². The molecule has 1 fully saturated rings. The molecule has 1 saturated heterocycles. The lowest BCUT2D eigenvalue weighted by Gasteiger charge is -2.21. The molecule has 0 spiro atoms. The van der Waals surface area contributed by atoms with Gasteiger partial charge in [-0.1, -0.05) is 0 Å². The minimum atomic E-state index is -0.0660. The van der Waals surface area contributed by atoms with Crippen LogP contribution in [0.2, 0.25) is 0 Å². The molecule has 0 unspecified atom stereocenters. The first kappa shape index (κ1) is 17.2. The van der Waals surface area contributed by atoms with Crippen molar-refractivity contribution in [3.05, 3.63) is 11.1 Å². The molecule has 1 aromatic heterocycles. The zero-order valence-corrected chi connectivity index (χ0v) is 14.5. The summed E-state index contributed by atoms with van der Waals surface area (Å²) >= 11 is 1.74. The van der Waals surface area contributed by atoms with E-state index >= 15 is 0 Å². The fourth-order valence-corrected chi connectivity index (χ4v) is 3.57. The zero-order valence-electron chi connectivity index (χ0n) is 13.7. The average molecular weight is 325 g/mol. The highest BCUT2D eigenvalue weighted by molar-refractivity contribution is 7.13. The van der Waals surface area contributed by atoms with Crippen LogP contribution in [0.15, 0.2) is 5.38 Å². The second kappa shape index (κ2) is 9.10. The number of aryl methyl sites for hydroxylation is 1. The molecule has 1 aliphatic heterocycles. The number of carbonyl (C=O) groups excluding carboxylic acids is 1. The van der Waals surface area contributed by atoms with Crippen molar-refractivity contribution in [3.63, 3.8) is 0 Å². The van der Waals surface area contributed by atoms with E-state index in [4.69, 9.17) is 4.74 Å². The molecule has 0 saturated carbocycles. The molecule has 0 amide bonds. The molecule has 0 bridgehead atoms. The fourth-order valence-electron chi connectivity index (χ4n) is 2.71. The van der Waals surface area contributed by atoms with E-state index in [1.807, 2.05) is 13.8 Å². The number of esters is 1. The number of carbonyl (C=O) groups is 1. The maximum Gasteiger partial charge on any atom is 0.305 e. The monoisotopic (exact) mass is 325 g/mol. The van der Waals surface area contributed by atoms with Crippen LogP contribution >= 0.6 is 11.3 Å². The van der Waals surface area contributed by atoms with E-state index in [0.717, 1.165) is 56.4 Å². The standard InChI is InChI=1S/C16H27N3O2S/c1-3-21-15(20)7-4-5-8-18-9-6-10-19(12-11-18)16-17-14(2)13-22-16/h13H,3-12H2,1-2H3. The summed E-state index contributed by atoms with van der Waals surface area (Å²) in [5.74, 6) is -0.0660. The molecule has 1 aromatic rings. The van der Waals surface area contributed by atoms with E-state index in [1.54, 1.807) is 11.3 Å². The number of hydrogen-bond donors (Lipinski definition) is 0. The molecule has 2 heterocycles. The number of rotatable bonds is 7. The summed E-state index contributed by atoms with van der Waals surface area (Å²) in [5, 5.41) is 3.27. The molecule has 5 nitrogen and oxygen atoms in total. The Labute approximate surface area is 137 Å². The van der Waals surface area contributed by atoms with Crippen LogP contribution in [0.4, 0.5) is 5.13 Å². The van der Waals surface area contributed by atoms with Crippen molar-refractivity contribution < 1.29 is 9.53 Å². The Morgan fingerprint density at radius 1 is 1.32 bits per heavy atom. The minimum Gasteiger partial charge on any atom is -0.466 e. The predicted molar refractivity (Wildman–Crippen MR) is 90.6 cm³/mol. The first-order valence-electron chi connectivity index (χ1n) is 8.24. The second-order valence-corrected chi connectivity index (χ2v) is 6.55. The first-order chi connectivity index (χ1) is 10.7. The largest absolute Gasteiger partial charge is 0.466 e. The van der Waals surface area contributed by atoms with Gasteiger partial charge in [0.15, 0.2) is 5.13 Å². The molecule has 2 rings (SSSR count). The van der Waals surface area contributed by atoms with Gasteiger partial charge in [-0.15, -0.1) is 11.3 Å². The molecule has 0 aliphatic carbocycles. The number of ether oxygens (including phenoxy) is 1. The Balaban J connectivity index is 1.66. The Bertz CT molecular complexity index is 464. The molecule has 124 valence electrons. The summed E-state index contributed by atoms with van der Waals surface area (Å²) in [6, 6.07) is 0. The quantitative estimate of drug-likeness (QED) is 0.570. The van der Waals surface area contributed by atoms with Crippen LogP contribution in [0, 0.1) is 6.92 Å². The van der Waals surface area contributed by atoms with Gasteiger partial charge in [0.25, 0.3) is 0 Å². The molecule has 0 N–H and O–H groups in total. The highest BCUT2D eigenvalue weighted by atomic mass is 32.1. The topological polar surface area (TPSA) is 45.7 Å². The van der Waals surface area contributed by atoms with Crippen molar-refractivity contribution in [2.24, 2.45) is 0 Å². The Morgan fingerprint density at radius 2 is 2.18 bits per heavy atom. The molecule has 0 atom stereocenters. The van der Waals surface area contributed by atoms with Crippen molar-refractivity contribution in [1.29, 1.82) is 0 Å². The first-order valence-corrected chi connectivity index (χ1v) is 9.12. The van der Waals surface area contributed by atoms with E-state index in [-0.39, 0.29) is 5.97 Å². The summed E-state index contributed by atoms with van der Waals surface area (Å²) in [4.78, 5) is 20.8. The van der Waals surface area contributed by atoms with Gasteiger partial charge >= 0.3 is 5.97 Å². The fraction of sp³-hybridized carbons (Fsp3) is 0.750. The van der Waals surface area contributed by atoms with Crippen LogP contribution in [0.5, 0.6) is 0 Å². The van der Waals surface area contributed by atoms with Crippen molar-refractivity contribution in [1.82, 2.24) is 9.88 Å². The van der Waals surface area contributed by atoms with Crippen LogP contribution in [0.1, 0.15) is 38.3 Å². The summed E-state index contributed by atoms with van der Waals surface area (Å²) in [6.07, 6.45) is 3.71. The Morgan fingerprint density at radius 3 is 2.91 bits per heavy atom. The zero-order chi connectivity index (χ0) is 15.8. The van der Waals surface area contributed by atoms with Crippen LogP contribution < -0.4 is 4.90 Å². The number of nitrogens with zero attached hydrogens (tertiary/aromatic N) is 3. The van der Waals surface area contributed by atoms with Crippen molar-refractivity contribution in [3.8, 4) is 0 Å². The molecule has 6 heteroatoms. The number of anilines is 1. The summed E-state index contributed by atoms with van der Waals surface area (Å²) in [5.41, 5.74) is 1.11. The lowest BCUT2D eigenvalue weighted by molar-refractivity contribution is -0.143. The van der Waals surface area contributed by atoms with Crippen molar-refractivity contribution >= 4 is 22.4 Å². The van der Waals surface area contributed by atoms with Crippen LogP contribution in [-0.4, -0.2) is 55.2 Å². The number of aromatic nitrogens is 1. The molecule has 22 heavy (non-hydrogen) atoms. The van der Waals surface area contributed by atoms with E-state index < -0.39 is 0 Å². The number of hydrogen-bond acceptors (Lipinski definition) is 6. The van der Waals surface area contributed by atoms with Crippen molar-refractivity contribution in [2.75, 3.05) is 44.2 Å². The van der Waals surface area contributed by atoms with Gasteiger partial charge in [0.2, 0.25) is 0 Å². The van der Waals surface area contributed by atoms with Crippen LogP contribution in [0.25, 0.3) is 0 Å². The van der Waals surface area contributed by atoms with Crippen LogP contribution in [-0.2, 0) is 9.53 Å². The molecule has 1 aliphatic rings. The van der Waals surface area contributed by atoms with Crippen molar-refractivity contribution in [2.45, 2.75) is 39.5 Å². The number of thiazole rings is 1. The maximum absolute atomic E-state index is 11.3. The third-order valence-corrected chi connectivity index (χ3v) is 4.90.